The summed E-state index contributed by atoms with van der Waals surface area (Å²) < 4.78 is 5.70. The Morgan fingerprint density at radius 3 is 2.63 bits per heavy atom. The van der Waals surface area contributed by atoms with Crippen LogP contribution in [0.1, 0.15) is 59.2 Å². The van der Waals surface area contributed by atoms with E-state index in [9.17, 15) is 0 Å². The van der Waals surface area contributed by atoms with Crippen LogP contribution in [0.5, 0.6) is 5.88 Å². The molecule has 0 fully saturated rings. The fraction of sp³-hybridized carbons (Fsp3) is 0.733. The van der Waals surface area contributed by atoms with Gasteiger partial charge in [-0.1, -0.05) is 27.2 Å². The highest BCUT2D eigenvalue weighted by Crippen LogP contribution is 2.16. The van der Waals surface area contributed by atoms with Crippen LogP contribution in [0.15, 0.2) is 6.07 Å². The average molecular weight is 265 g/mol. The van der Waals surface area contributed by atoms with E-state index in [4.69, 9.17) is 4.74 Å². The van der Waals surface area contributed by atoms with Crippen molar-refractivity contribution in [1.29, 1.82) is 0 Å². The summed E-state index contributed by atoms with van der Waals surface area (Å²) in [7, 11) is 0. The molecule has 0 amide bonds. The first-order valence-corrected chi connectivity index (χ1v) is 7.46. The summed E-state index contributed by atoms with van der Waals surface area (Å²) in [5, 5.41) is 3.39. The Kier molecular flexibility index (Phi) is 7.23. The van der Waals surface area contributed by atoms with E-state index in [0.717, 1.165) is 50.4 Å². The van der Waals surface area contributed by atoms with Crippen LogP contribution in [0.2, 0.25) is 0 Å². The first-order valence-electron chi connectivity index (χ1n) is 7.46. The summed E-state index contributed by atoms with van der Waals surface area (Å²) in [5.41, 5.74) is 0. The number of hydrogen-bond donors (Lipinski definition) is 1. The van der Waals surface area contributed by atoms with Crippen molar-refractivity contribution in [3.63, 3.8) is 0 Å². The summed E-state index contributed by atoms with van der Waals surface area (Å²) in [5.74, 6) is 2.43. The van der Waals surface area contributed by atoms with Crippen molar-refractivity contribution in [2.24, 2.45) is 0 Å². The summed E-state index contributed by atoms with van der Waals surface area (Å²) in [4.78, 5) is 8.99. The topological polar surface area (TPSA) is 47.0 Å². The molecule has 0 saturated heterocycles. The summed E-state index contributed by atoms with van der Waals surface area (Å²) in [6, 6.07) is 2.31. The molecule has 4 nitrogen and oxygen atoms in total. The maximum Gasteiger partial charge on any atom is 0.218 e. The molecule has 0 aliphatic carbocycles. The van der Waals surface area contributed by atoms with Gasteiger partial charge in [-0.2, -0.15) is 4.98 Å². The number of ether oxygens (including phenoxy) is 1. The Morgan fingerprint density at radius 2 is 2.00 bits per heavy atom. The first-order chi connectivity index (χ1) is 9.19. The van der Waals surface area contributed by atoms with Gasteiger partial charge in [0.15, 0.2) is 0 Å². The Morgan fingerprint density at radius 1 is 1.21 bits per heavy atom. The van der Waals surface area contributed by atoms with Crippen molar-refractivity contribution in [3.05, 3.63) is 11.9 Å². The van der Waals surface area contributed by atoms with E-state index in [2.05, 4.69) is 43.0 Å². The maximum absolute atomic E-state index is 5.70. The van der Waals surface area contributed by atoms with Crippen molar-refractivity contribution in [2.75, 3.05) is 11.9 Å². The van der Waals surface area contributed by atoms with Crippen molar-refractivity contribution >= 4 is 5.82 Å². The third kappa shape index (κ3) is 5.90. The molecular weight excluding hydrogens is 238 g/mol. The highest BCUT2D eigenvalue weighted by molar-refractivity contribution is 5.39. The fourth-order valence-corrected chi connectivity index (χ4v) is 1.63. The normalized spacial score (nSPS) is 12.2. The second kappa shape index (κ2) is 8.73. The molecule has 19 heavy (non-hydrogen) atoms. The zero-order chi connectivity index (χ0) is 14.1. The van der Waals surface area contributed by atoms with E-state index in [1.807, 2.05) is 6.07 Å². The van der Waals surface area contributed by atoms with E-state index in [-0.39, 0.29) is 0 Å². The highest BCUT2D eigenvalue weighted by Gasteiger charge is 2.07. The molecule has 1 aromatic heterocycles. The standard InChI is InChI=1S/C15H27N3O/c1-5-8-10-19-15-11-14(16-12(4)7-3)17-13(18-15)9-6-2/h11-12H,5-10H2,1-4H3,(H,16,17,18). The molecule has 0 aromatic carbocycles. The zero-order valence-electron chi connectivity index (χ0n) is 12.7. The van der Waals surface area contributed by atoms with Crippen LogP contribution in [0.4, 0.5) is 5.82 Å². The van der Waals surface area contributed by atoms with Crippen molar-refractivity contribution in [3.8, 4) is 5.88 Å². The number of aromatic nitrogens is 2. The van der Waals surface area contributed by atoms with Gasteiger partial charge in [0.05, 0.1) is 6.61 Å². The molecule has 1 heterocycles. The number of unbranched alkanes of at least 4 members (excludes halogenated alkanes) is 1. The molecule has 1 atom stereocenters. The minimum atomic E-state index is 0.410. The molecule has 1 aromatic rings. The molecule has 1 unspecified atom stereocenters. The summed E-state index contributed by atoms with van der Waals surface area (Å²) in [6.07, 6.45) is 5.19. The third-order valence-corrected chi connectivity index (χ3v) is 2.98. The number of anilines is 1. The molecule has 1 N–H and O–H groups in total. The van der Waals surface area contributed by atoms with Gasteiger partial charge in [0.2, 0.25) is 5.88 Å². The van der Waals surface area contributed by atoms with Crippen LogP contribution in [-0.4, -0.2) is 22.6 Å². The van der Waals surface area contributed by atoms with Gasteiger partial charge in [-0.05, 0) is 26.2 Å². The monoisotopic (exact) mass is 265 g/mol. The van der Waals surface area contributed by atoms with Crippen LogP contribution in [0.25, 0.3) is 0 Å². The molecule has 0 aliphatic heterocycles. The molecule has 108 valence electrons. The van der Waals surface area contributed by atoms with Gasteiger partial charge < -0.3 is 10.1 Å². The SMILES string of the molecule is CCCCOc1cc(NC(C)CC)nc(CCC)n1. The molecule has 0 aliphatic rings. The van der Waals surface area contributed by atoms with Crippen molar-refractivity contribution in [2.45, 2.75) is 65.8 Å². The Balaban J connectivity index is 2.77. The van der Waals surface area contributed by atoms with Gasteiger partial charge in [-0.25, -0.2) is 4.98 Å². The number of hydrogen-bond acceptors (Lipinski definition) is 4. The van der Waals surface area contributed by atoms with E-state index in [1.165, 1.54) is 0 Å². The molecule has 0 saturated carbocycles. The third-order valence-electron chi connectivity index (χ3n) is 2.98. The van der Waals surface area contributed by atoms with Crippen LogP contribution in [0, 0.1) is 0 Å². The zero-order valence-corrected chi connectivity index (χ0v) is 12.7. The first kappa shape index (κ1) is 15.7. The predicted molar refractivity (Wildman–Crippen MR) is 79.8 cm³/mol. The second-order valence-electron chi connectivity index (χ2n) is 4.91. The lowest BCUT2D eigenvalue weighted by molar-refractivity contribution is 0.296. The largest absolute Gasteiger partial charge is 0.478 e. The lowest BCUT2D eigenvalue weighted by atomic mass is 10.2. The predicted octanol–water partition coefficient (Wildman–Crippen LogP) is 3.82. The smallest absolute Gasteiger partial charge is 0.218 e. The van der Waals surface area contributed by atoms with Gasteiger partial charge in [0, 0.05) is 18.5 Å². The van der Waals surface area contributed by atoms with Crippen LogP contribution >= 0.6 is 0 Å². The number of rotatable bonds is 9. The Bertz CT molecular complexity index is 368. The number of nitrogens with one attached hydrogen (secondary N) is 1. The van der Waals surface area contributed by atoms with Crippen LogP contribution in [-0.2, 0) is 6.42 Å². The number of aryl methyl sites for hydroxylation is 1. The van der Waals surface area contributed by atoms with Gasteiger partial charge in [-0.3, -0.25) is 0 Å². The van der Waals surface area contributed by atoms with Crippen LogP contribution < -0.4 is 10.1 Å². The molecule has 0 radical (unpaired) electrons. The minimum absolute atomic E-state index is 0.410. The van der Waals surface area contributed by atoms with Gasteiger partial charge in [0.1, 0.15) is 11.6 Å². The van der Waals surface area contributed by atoms with E-state index < -0.39 is 0 Å². The van der Waals surface area contributed by atoms with Gasteiger partial charge in [-0.15, -0.1) is 0 Å². The molecule has 0 bridgehead atoms. The quantitative estimate of drug-likeness (QED) is 0.690. The Labute approximate surface area is 117 Å². The lowest BCUT2D eigenvalue weighted by Gasteiger charge is -2.14. The summed E-state index contributed by atoms with van der Waals surface area (Å²) >= 11 is 0. The van der Waals surface area contributed by atoms with Crippen LogP contribution in [0.3, 0.4) is 0 Å². The van der Waals surface area contributed by atoms with Gasteiger partial charge >= 0.3 is 0 Å². The minimum Gasteiger partial charge on any atom is -0.478 e. The average Bonchev–Trinajstić information content (AvgIpc) is 2.39. The van der Waals surface area contributed by atoms with Gasteiger partial charge in [0.25, 0.3) is 0 Å². The Hall–Kier alpha value is -1.32. The second-order valence-corrected chi connectivity index (χ2v) is 4.91. The number of nitrogens with zero attached hydrogens (tertiary/aromatic N) is 2. The van der Waals surface area contributed by atoms with Crippen molar-refractivity contribution < 1.29 is 4.74 Å². The van der Waals surface area contributed by atoms with E-state index >= 15 is 0 Å². The van der Waals surface area contributed by atoms with E-state index in [1.54, 1.807) is 0 Å². The molecule has 0 spiro atoms. The summed E-state index contributed by atoms with van der Waals surface area (Å²) in [6.45, 7) is 9.32. The lowest BCUT2D eigenvalue weighted by Crippen LogP contribution is -2.15. The van der Waals surface area contributed by atoms with E-state index in [0.29, 0.717) is 11.9 Å². The highest BCUT2D eigenvalue weighted by atomic mass is 16.5. The molecule has 4 heteroatoms. The fourth-order valence-electron chi connectivity index (χ4n) is 1.63. The van der Waals surface area contributed by atoms with Crippen molar-refractivity contribution in [1.82, 2.24) is 9.97 Å². The maximum atomic E-state index is 5.70. The molecule has 1 rings (SSSR count). The molecular formula is C15H27N3O.